The molecular weight excluding hydrogens is 492 g/mol. The number of amides is 1. The van der Waals surface area contributed by atoms with Crippen molar-refractivity contribution in [2.75, 3.05) is 23.8 Å². The van der Waals surface area contributed by atoms with Gasteiger partial charge in [0.2, 0.25) is 17.8 Å². The maximum Gasteiger partial charge on any atom is 0.226 e. The lowest BCUT2D eigenvalue weighted by Crippen LogP contribution is -2.42. The number of carbonyl (C=O) groups excluding carboxylic acids is 1. The van der Waals surface area contributed by atoms with Gasteiger partial charge in [-0.2, -0.15) is 4.98 Å². The molecule has 0 spiro atoms. The minimum Gasteiger partial charge on any atom is -0.394 e. The third-order valence-electron chi connectivity index (χ3n) is 7.31. The average Bonchev–Trinajstić information content (AvgIpc) is 3.49. The third kappa shape index (κ3) is 5.57. The van der Waals surface area contributed by atoms with Crippen LogP contribution in [0.25, 0.3) is 11.2 Å². The van der Waals surface area contributed by atoms with Gasteiger partial charge in [0, 0.05) is 30.6 Å². The van der Waals surface area contributed by atoms with Gasteiger partial charge in [-0.25, -0.2) is 18.7 Å². The van der Waals surface area contributed by atoms with Gasteiger partial charge in [0.15, 0.2) is 5.65 Å². The number of halogens is 2. The van der Waals surface area contributed by atoms with Crippen LogP contribution in [0.4, 0.5) is 26.4 Å². The van der Waals surface area contributed by atoms with E-state index in [1.807, 2.05) is 23.3 Å². The number of aromatic nitrogens is 4. The molecule has 0 radical (unpaired) electrons. The van der Waals surface area contributed by atoms with Crippen molar-refractivity contribution in [3.63, 3.8) is 0 Å². The van der Waals surface area contributed by atoms with Crippen molar-refractivity contribution in [2.24, 2.45) is 5.92 Å². The maximum absolute atomic E-state index is 14.5. The molecule has 1 aliphatic carbocycles. The number of nitrogens with zero attached hydrogens (tertiary/aromatic N) is 5. The fourth-order valence-electron chi connectivity index (χ4n) is 5.50. The predicted molar refractivity (Wildman–Crippen MR) is 143 cm³/mol. The lowest BCUT2D eigenvalue weighted by atomic mass is 9.85. The molecule has 206 valence electrons. The highest BCUT2D eigenvalue weighted by Gasteiger charge is 2.36. The molecule has 2 aliphatic rings. The summed E-state index contributed by atoms with van der Waals surface area (Å²) in [6, 6.07) is 3.40. The quantitative estimate of drug-likeness (QED) is 0.394. The topological polar surface area (TPSA) is 108 Å². The molecule has 5 rings (SSSR count). The number of rotatable bonds is 7. The van der Waals surface area contributed by atoms with Crippen LogP contribution in [0, 0.1) is 17.6 Å². The number of imidazole rings is 1. The predicted octanol–water partition coefficient (Wildman–Crippen LogP) is 5.02. The van der Waals surface area contributed by atoms with Crippen molar-refractivity contribution in [2.45, 2.75) is 77.9 Å². The molecule has 11 heteroatoms. The van der Waals surface area contributed by atoms with Gasteiger partial charge in [-0.1, -0.05) is 7.43 Å². The lowest BCUT2D eigenvalue weighted by molar-refractivity contribution is -0.138. The molecule has 1 saturated carbocycles. The Hall–Kier alpha value is -3.34. The Kier molecular flexibility index (Phi) is 8.44. The Labute approximate surface area is 221 Å². The highest BCUT2D eigenvalue weighted by Crippen LogP contribution is 2.38. The number of carbonyl (C=O) groups is 1. The first-order valence-corrected chi connectivity index (χ1v) is 13.0. The Morgan fingerprint density at radius 3 is 2.61 bits per heavy atom. The summed E-state index contributed by atoms with van der Waals surface area (Å²) in [6.07, 6.45) is 6.24. The Bertz CT molecular complexity index is 1270. The minimum absolute atomic E-state index is 0. The van der Waals surface area contributed by atoms with E-state index in [0.717, 1.165) is 31.7 Å². The zero-order chi connectivity index (χ0) is 26.1. The molecule has 38 heavy (non-hydrogen) atoms. The van der Waals surface area contributed by atoms with Gasteiger partial charge >= 0.3 is 0 Å². The van der Waals surface area contributed by atoms with Crippen LogP contribution in [0.15, 0.2) is 24.4 Å². The monoisotopic (exact) mass is 529 g/mol. The molecule has 1 aliphatic heterocycles. The summed E-state index contributed by atoms with van der Waals surface area (Å²) in [5, 5.41) is 15.9. The standard InChI is InChI=1S/C26H33F2N7O2.CH4/c1-15(2)30-25-29-13-22-23(33-25)35(26(32-22)31-21-10-7-17(27)12-20(21)28)18-8-5-16(6-9-18)24(37)34-11-3-4-19(34)14-36;/h7,10,12-13,15-16,18-19,36H,3-6,8-9,11,14H2,1-2H3,(H,31,32)(H,29,30,33);1H4/t16?,18?,19-;/m1./s1. The van der Waals surface area contributed by atoms with Crippen LogP contribution in [0.3, 0.4) is 0 Å². The molecular formula is C27H37F2N7O2. The fraction of sp³-hybridized carbons (Fsp3) is 0.556. The van der Waals surface area contributed by atoms with E-state index in [-0.39, 0.29) is 49.7 Å². The maximum atomic E-state index is 14.5. The number of likely N-dealkylation sites (tertiary alicyclic amines) is 1. The highest BCUT2D eigenvalue weighted by atomic mass is 19.1. The third-order valence-corrected chi connectivity index (χ3v) is 7.31. The van der Waals surface area contributed by atoms with Gasteiger partial charge in [-0.05, 0) is 64.5 Å². The number of hydrogen-bond acceptors (Lipinski definition) is 7. The van der Waals surface area contributed by atoms with E-state index in [1.165, 1.54) is 12.1 Å². The summed E-state index contributed by atoms with van der Waals surface area (Å²) in [6.45, 7) is 4.70. The van der Waals surface area contributed by atoms with Crippen LogP contribution in [-0.2, 0) is 4.79 Å². The lowest BCUT2D eigenvalue weighted by Gasteiger charge is -2.33. The van der Waals surface area contributed by atoms with Crippen molar-refractivity contribution in [1.29, 1.82) is 0 Å². The van der Waals surface area contributed by atoms with E-state index in [0.29, 0.717) is 42.4 Å². The molecule has 1 atom stereocenters. The van der Waals surface area contributed by atoms with E-state index in [4.69, 9.17) is 4.98 Å². The number of benzene rings is 1. The SMILES string of the molecule is C.CC(C)Nc1ncc2nc(Nc3ccc(F)cc3F)n(C3CCC(C(=O)N4CCC[C@@H]4CO)CC3)c2n1. The van der Waals surface area contributed by atoms with Crippen molar-refractivity contribution in [3.8, 4) is 0 Å². The first-order valence-electron chi connectivity index (χ1n) is 13.0. The summed E-state index contributed by atoms with van der Waals surface area (Å²) >= 11 is 0. The molecule has 9 nitrogen and oxygen atoms in total. The number of aliphatic hydroxyl groups is 1. The van der Waals surface area contributed by atoms with Crippen molar-refractivity contribution in [3.05, 3.63) is 36.0 Å². The van der Waals surface area contributed by atoms with Gasteiger partial charge in [-0.15, -0.1) is 0 Å². The molecule has 0 unspecified atom stereocenters. The van der Waals surface area contributed by atoms with Crippen molar-refractivity contribution in [1.82, 2.24) is 24.4 Å². The van der Waals surface area contributed by atoms with Gasteiger partial charge in [-0.3, -0.25) is 9.36 Å². The summed E-state index contributed by atoms with van der Waals surface area (Å²) in [7, 11) is 0. The molecule has 0 bridgehead atoms. The van der Waals surface area contributed by atoms with Crippen molar-refractivity contribution >= 4 is 34.7 Å². The van der Waals surface area contributed by atoms with E-state index in [9.17, 15) is 18.7 Å². The number of anilines is 3. The second-order valence-corrected chi connectivity index (χ2v) is 10.3. The molecule has 3 N–H and O–H groups in total. The first-order chi connectivity index (χ1) is 17.8. The molecule has 1 aromatic carbocycles. The van der Waals surface area contributed by atoms with Crippen LogP contribution in [0.5, 0.6) is 0 Å². The molecule has 1 amide bonds. The van der Waals surface area contributed by atoms with Crippen molar-refractivity contribution < 1.29 is 18.7 Å². The summed E-state index contributed by atoms with van der Waals surface area (Å²) in [5.74, 6) is -0.469. The first kappa shape index (κ1) is 27.7. The molecule has 3 heterocycles. The highest BCUT2D eigenvalue weighted by molar-refractivity contribution is 5.80. The molecule has 1 saturated heterocycles. The van der Waals surface area contributed by atoms with E-state index in [1.54, 1.807) is 6.20 Å². The average molecular weight is 530 g/mol. The van der Waals surface area contributed by atoms with Gasteiger partial charge in [0.1, 0.15) is 17.2 Å². The number of aliphatic hydroxyl groups excluding tert-OH is 1. The van der Waals surface area contributed by atoms with E-state index < -0.39 is 11.6 Å². The fourth-order valence-corrected chi connectivity index (χ4v) is 5.50. The second-order valence-electron chi connectivity index (χ2n) is 10.3. The summed E-state index contributed by atoms with van der Waals surface area (Å²) in [4.78, 5) is 28.7. The van der Waals surface area contributed by atoms with E-state index in [2.05, 4.69) is 20.6 Å². The number of nitrogens with one attached hydrogen (secondary N) is 2. The summed E-state index contributed by atoms with van der Waals surface area (Å²) in [5.41, 5.74) is 1.28. The molecule has 2 fully saturated rings. The Morgan fingerprint density at radius 1 is 1.16 bits per heavy atom. The Morgan fingerprint density at radius 2 is 1.92 bits per heavy atom. The number of fused-ring (bicyclic) bond motifs is 1. The van der Waals surface area contributed by atoms with Crippen LogP contribution in [0.1, 0.15) is 65.8 Å². The number of hydrogen-bond donors (Lipinski definition) is 3. The smallest absolute Gasteiger partial charge is 0.226 e. The minimum atomic E-state index is -0.717. The summed E-state index contributed by atoms with van der Waals surface area (Å²) < 4.78 is 29.9. The van der Waals surface area contributed by atoms with Gasteiger partial charge in [0.05, 0.1) is 24.5 Å². The van der Waals surface area contributed by atoms with Crippen LogP contribution in [0.2, 0.25) is 0 Å². The largest absolute Gasteiger partial charge is 0.394 e. The zero-order valence-electron chi connectivity index (χ0n) is 21.1. The second kappa shape index (κ2) is 11.6. The normalized spacial score (nSPS) is 21.5. The zero-order valence-corrected chi connectivity index (χ0v) is 21.1. The van der Waals surface area contributed by atoms with E-state index >= 15 is 0 Å². The molecule has 3 aromatic rings. The van der Waals surface area contributed by atoms with Gasteiger partial charge < -0.3 is 20.6 Å². The Balaban J connectivity index is 0.00000336. The molecule has 2 aromatic heterocycles. The van der Waals surface area contributed by atoms with Gasteiger partial charge in [0.25, 0.3) is 0 Å². The van der Waals surface area contributed by atoms with Crippen LogP contribution >= 0.6 is 0 Å². The van der Waals surface area contributed by atoms with Crippen LogP contribution < -0.4 is 10.6 Å². The van der Waals surface area contributed by atoms with Crippen LogP contribution in [-0.4, -0.2) is 60.7 Å².